The van der Waals surface area contributed by atoms with E-state index in [-0.39, 0.29) is 0 Å². The van der Waals surface area contributed by atoms with Gasteiger partial charge in [-0.25, -0.2) is 4.98 Å². The Balaban J connectivity index is 2.08. The molecule has 0 aliphatic carbocycles. The number of aromatic amines is 1. The first kappa shape index (κ1) is 14.6. The monoisotopic (exact) mass is 341 g/mol. The van der Waals surface area contributed by atoms with E-state index in [1.807, 2.05) is 24.4 Å². The molecule has 0 bridgehead atoms. The zero-order chi connectivity index (χ0) is 13.8. The minimum atomic E-state index is 0.635. The van der Waals surface area contributed by atoms with Gasteiger partial charge in [0.25, 0.3) is 0 Å². The number of halogens is 2. The molecule has 1 heterocycles. The normalized spacial score (nSPS) is 11.2. The van der Waals surface area contributed by atoms with Gasteiger partial charge in [0, 0.05) is 10.0 Å². The maximum atomic E-state index is 6.23. The standard InChI is InChI=1S/C14H17BrClN3/c1-9(2)6-17-8-14-18-7-13(19-14)11-4-3-10(15)5-12(11)16/h3-5,7,9,17H,6,8H2,1-2H3,(H,18,19). The predicted octanol–water partition coefficient (Wildman–Crippen LogP) is 4.24. The summed E-state index contributed by atoms with van der Waals surface area (Å²) in [7, 11) is 0. The summed E-state index contributed by atoms with van der Waals surface area (Å²) < 4.78 is 0.972. The third-order valence-corrected chi connectivity index (χ3v) is 3.50. The zero-order valence-electron chi connectivity index (χ0n) is 11.0. The molecule has 0 aliphatic rings. The summed E-state index contributed by atoms with van der Waals surface area (Å²) in [4.78, 5) is 7.65. The highest BCUT2D eigenvalue weighted by atomic mass is 79.9. The lowest BCUT2D eigenvalue weighted by atomic mass is 10.2. The van der Waals surface area contributed by atoms with E-state index in [9.17, 15) is 0 Å². The van der Waals surface area contributed by atoms with Crippen LogP contribution in [-0.4, -0.2) is 16.5 Å². The molecule has 5 heteroatoms. The molecule has 2 rings (SSSR count). The number of H-pyrrole nitrogens is 1. The lowest BCUT2D eigenvalue weighted by Crippen LogP contribution is -2.19. The number of hydrogen-bond donors (Lipinski definition) is 2. The highest BCUT2D eigenvalue weighted by Gasteiger charge is 2.07. The van der Waals surface area contributed by atoms with Crippen LogP contribution in [0.3, 0.4) is 0 Å². The van der Waals surface area contributed by atoms with Crippen molar-refractivity contribution in [1.82, 2.24) is 15.3 Å². The highest BCUT2D eigenvalue weighted by Crippen LogP contribution is 2.29. The summed E-state index contributed by atoms with van der Waals surface area (Å²) in [5.41, 5.74) is 1.91. The Morgan fingerprint density at radius 3 is 2.89 bits per heavy atom. The molecule has 0 saturated heterocycles. The number of rotatable bonds is 5. The molecule has 0 amide bonds. The fourth-order valence-corrected chi connectivity index (χ4v) is 2.55. The van der Waals surface area contributed by atoms with E-state index in [1.54, 1.807) is 0 Å². The van der Waals surface area contributed by atoms with E-state index in [2.05, 4.69) is 45.1 Å². The van der Waals surface area contributed by atoms with Crippen molar-refractivity contribution in [2.75, 3.05) is 6.54 Å². The van der Waals surface area contributed by atoms with Crippen molar-refractivity contribution in [2.45, 2.75) is 20.4 Å². The number of benzene rings is 1. The zero-order valence-corrected chi connectivity index (χ0v) is 13.3. The summed E-state index contributed by atoms with van der Waals surface area (Å²) in [6.45, 7) is 6.09. The van der Waals surface area contributed by atoms with Crippen LogP contribution in [0.4, 0.5) is 0 Å². The van der Waals surface area contributed by atoms with Gasteiger partial charge >= 0.3 is 0 Å². The highest BCUT2D eigenvalue weighted by molar-refractivity contribution is 9.10. The Hall–Kier alpha value is -0.840. The molecular formula is C14H17BrClN3. The van der Waals surface area contributed by atoms with Gasteiger partial charge in [-0.15, -0.1) is 0 Å². The molecule has 19 heavy (non-hydrogen) atoms. The summed E-state index contributed by atoms with van der Waals surface area (Å²) in [5.74, 6) is 1.56. The molecule has 2 aromatic rings. The second-order valence-corrected chi connectivity index (χ2v) is 6.22. The van der Waals surface area contributed by atoms with Crippen LogP contribution in [0.25, 0.3) is 11.3 Å². The average molecular weight is 343 g/mol. The van der Waals surface area contributed by atoms with Crippen LogP contribution in [0.2, 0.25) is 5.02 Å². The molecular weight excluding hydrogens is 326 g/mol. The van der Waals surface area contributed by atoms with Gasteiger partial charge in [0.15, 0.2) is 0 Å². The van der Waals surface area contributed by atoms with Gasteiger partial charge in [0.1, 0.15) is 5.82 Å². The fourth-order valence-electron chi connectivity index (χ4n) is 1.78. The molecule has 0 saturated carbocycles. The number of aromatic nitrogens is 2. The summed E-state index contributed by atoms with van der Waals surface area (Å²) in [6.07, 6.45) is 1.82. The summed E-state index contributed by atoms with van der Waals surface area (Å²) >= 11 is 9.63. The van der Waals surface area contributed by atoms with Crippen molar-refractivity contribution in [3.63, 3.8) is 0 Å². The van der Waals surface area contributed by atoms with Crippen LogP contribution in [0, 0.1) is 5.92 Å². The minimum absolute atomic E-state index is 0.635. The third-order valence-electron chi connectivity index (χ3n) is 2.69. The van der Waals surface area contributed by atoms with Crippen molar-refractivity contribution in [1.29, 1.82) is 0 Å². The fraction of sp³-hybridized carbons (Fsp3) is 0.357. The first-order valence-corrected chi connectivity index (χ1v) is 7.43. The van der Waals surface area contributed by atoms with E-state index in [0.29, 0.717) is 10.9 Å². The van der Waals surface area contributed by atoms with Gasteiger partial charge in [-0.1, -0.05) is 47.4 Å². The second kappa shape index (κ2) is 6.55. The van der Waals surface area contributed by atoms with Gasteiger partial charge in [0.05, 0.1) is 23.5 Å². The first-order chi connectivity index (χ1) is 9.06. The van der Waals surface area contributed by atoms with E-state index >= 15 is 0 Å². The van der Waals surface area contributed by atoms with E-state index in [0.717, 1.165) is 34.6 Å². The van der Waals surface area contributed by atoms with E-state index in [4.69, 9.17) is 11.6 Å². The molecule has 0 fully saturated rings. The smallest absolute Gasteiger partial charge is 0.120 e. The molecule has 0 radical (unpaired) electrons. The van der Waals surface area contributed by atoms with E-state index < -0.39 is 0 Å². The molecule has 0 spiro atoms. The Morgan fingerprint density at radius 1 is 1.42 bits per heavy atom. The van der Waals surface area contributed by atoms with Crippen LogP contribution >= 0.6 is 27.5 Å². The first-order valence-electron chi connectivity index (χ1n) is 6.26. The quantitative estimate of drug-likeness (QED) is 0.853. The SMILES string of the molecule is CC(C)CNCc1ncc(-c2ccc(Br)cc2Cl)[nH]1. The Morgan fingerprint density at radius 2 is 2.21 bits per heavy atom. The van der Waals surface area contributed by atoms with E-state index in [1.165, 1.54) is 0 Å². The number of nitrogens with one attached hydrogen (secondary N) is 2. The van der Waals surface area contributed by atoms with Gasteiger partial charge in [0.2, 0.25) is 0 Å². The number of imidazole rings is 1. The Labute approximate surface area is 126 Å². The molecule has 0 unspecified atom stereocenters. The molecule has 1 aromatic carbocycles. The number of hydrogen-bond acceptors (Lipinski definition) is 2. The minimum Gasteiger partial charge on any atom is -0.341 e. The maximum absolute atomic E-state index is 6.23. The molecule has 0 aliphatic heterocycles. The lowest BCUT2D eigenvalue weighted by Gasteiger charge is -2.05. The van der Waals surface area contributed by atoms with Crippen LogP contribution in [0.5, 0.6) is 0 Å². The summed E-state index contributed by atoms with van der Waals surface area (Å²) in [5, 5.41) is 4.06. The van der Waals surface area contributed by atoms with Gasteiger partial charge in [-0.3, -0.25) is 0 Å². The van der Waals surface area contributed by atoms with Gasteiger partial charge < -0.3 is 10.3 Å². The average Bonchev–Trinajstić information content (AvgIpc) is 2.77. The van der Waals surface area contributed by atoms with Crippen molar-refractivity contribution in [3.05, 3.63) is 39.7 Å². The van der Waals surface area contributed by atoms with Crippen LogP contribution < -0.4 is 5.32 Å². The van der Waals surface area contributed by atoms with Crippen molar-refractivity contribution in [3.8, 4) is 11.3 Å². The maximum Gasteiger partial charge on any atom is 0.120 e. The van der Waals surface area contributed by atoms with Crippen molar-refractivity contribution >= 4 is 27.5 Å². The molecule has 2 N–H and O–H groups in total. The largest absolute Gasteiger partial charge is 0.341 e. The van der Waals surface area contributed by atoms with Crippen molar-refractivity contribution < 1.29 is 0 Å². The molecule has 1 aromatic heterocycles. The lowest BCUT2D eigenvalue weighted by molar-refractivity contribution is 0.545. The Kier molecular flexibility index (Phi) is 5.02. The Bertz CT molecular complexity index is 551. The molecule has 0 atom stereocenters. The topological polar surface area (TPSA) is 40.7 Å². The van der Waals surface area contributed by atoms with Crippen LogP contribution in [-0.2, 0) is 6.54 Å². The second-order valence-electron chi connectivity index (χ2n) is 4.89. The molecule has 102 valence electrons. The van der Waals surface area contributed by atoms with Crippen LogP contribution in [0.1, 0.15) is 19.7 Å². The predicted molar refractivity (Wildman–Crippen MR) is 83.3 cm³/mol. The van der Waals surface area contributed by atoms with Gasteiger partial charge in [-0.2, -0.15) is 0 Å². The van der Waals surface area contributed by atoms with Gasteiger partial charge in [-0.05, 0) is 24.6 Å². The van der Waals surface area contributed by atoms with Crippen LogP contribution in [0.15, 0.2) is 28.9 Å². The number of nitrogens with zero attached hydrogens (tertiary/aromatic N) is 1. The van der Waals surface area contributed by atoms with Crippen molar-refractivity contribution in [2.24, 2.45) is 5.92 Å². The third kappa shape index (κ3) is 4.06. The molecule has 3 nitrogen and oxygen atoms in total. The summed E-state index contributed by atoms with van der Waals surface area (Å²) in [6, 6.07) is 5.83.